The molecule has 0 fully saturated rings. The van der Waals surface area contributed by atoms with Gasteiger partial charge in [-0.2, -0.15) is 4.98 Å². The first kappa shape index (κ1) is 21.6. The molecule has 0 spiro atoms. The summed E-state index contributed by atoms with van der Waals surface area (Å²) in [4.78, 5) is 32.5. The van der Waals surface area contributed by atoms with Crippen LogP contribution in [0, 0.1) is 0 Å². The molecule has 31 heavy (non-hydrogen) atoms. The van der Waals surface area contributed by atoms with Crippen molar-refractivity contribution >= 4 is 17.6 Å². The van der Waals surface area contributed by atoms with Crippen molar-refractivity contribution in [1.82, 2.24) is 9.97 Å². The summed E-state index contributed by atoms with van der Waals surface area (Å²) in [5.74, 6) is 0.0614. The Hall–Kier alpha value is -4.14. The predicted octanol–water partition coefficient (Wildman–Crippen LogP) is 3.53. The van der Waals surface area contributed by atoms with Crippen LogP contribution in [0.3, 0.4) is 0 Å². The molecule has 0 saturated heterocycles. The number of anilines is 1. The fourth-order valence-corrected chi connectivity index (χ4v) is 2.79. The third-order valence-electron chi connectivity index (χ3n) is 4.13. The van der Waals surface area contributed by atoms with Crippen molar-refractivity contribution in [3.05, 3.63) is 66.6 Å². The molecule has 0 aliphatic rings. The highest BCUT2D eigenvalue weighted by atomic mass is 16.5. The summed E-state index contributed by atoms with van der Waals surface area (Å²) in [6.45, 7) is 1.23. The van der Waals surface area contributed by atoms with E-state index in [1.807, 2.05) is 0 Å². The van der Waals surface area contributed by atoms with Gasteiger partial charge in [-0.25, -0.2) is 4.98 Å². The van der Waals surface area contributed by atoms with E-state index in [-0.39, 0.29) is 11.6 Å². The van der Waals surface area contributed by atoms with Crippen LogP contribution in [-0.2, 0) is 14.3 Å². The number of benzene rings is 2. The van der Waals surface area contributed by atoms with Gasteiger partial charge in [-0.1, -0.05) is 36.4 Å². The zero-order valence-electron chi connectivity index (χ0n) is 17.2. The third-order valence-corrected chi connectivity index (χ3v) is 4.13. The first-order chi connectivity index (χ1) is 15.0. The zero-order valence-corrected chi connectivity index (χ0v) is 17.2. The molecule has 2 aromatic carbocycles. The van der Waals surface area contributed by atoms with E-state index in [1.165, 1.54) is 33.7 Å². The lowest BCUT2D eigenvalue weighted by Crippen LogP contribution is -2.25. The molecule has 160 valence electrons. The van der Waals surface area contributed by atoms with Gasteiger partial charge >= 0.3 is 5.97 Å². The molecule has 0 aliphatic heterocycles. The first-order valence-corrected chi connectivity index (χ1v) is 9.25. The molecule has 0 radical (unpaired) electrons. The summed E-state index contributed by atoms with van der Waals surface area (Å²) < 4.78 is 21.7. The van der Waals surface area contributed by atoms with Gasteiger partial charge in [0.25, 0.3) is 5.91 Å². The van der Waals surface area contributed by atoms with Crippen molar-refractivity contribution in [2.75, 3.05) is 19.5 Å². The number of methoxy groups -OCH3 is 2. The third kappa shape index (κ3) is 5.27. The number of nitrogens with one attached hydrogen (secondary N) is 1. The fraction of sp³-hybridized carbons (Fsp3) is 0.182. The summed E-state index contributed by atoms with van der Waals surface area (Å²) in [6, 6.07) is 13.8. The van der Waals surface area contributed by atoms with Crippen molar-refractivity contribution in [3.63, 3.8) is 0 Å². The van der Waals surface area contributed by atoms with Crippen LogP contribution in [0.2, 0.25) is 0 Å². The van der Waals surface area contributed by atoms with Gasteiger partial charge in [-0.05, 0) is 12.1 Å². The van der Waals surface area contributed by atoms with Gasteiger partial charge in [0.2, 0.25) is 17.7 Å². The van der Waals surface area contributed by atoms with E-state index < -0.39 is 18.0 Å². The molecular formula is C22H21N3O6. The Labute approximate surface area is 179 Å². The van der Waals surface area contributed by atoms with Crippen LogP contribution in [0.5, 0.6) is 23.1 Å². The topological polar surface area (TPSA) is 109 Å². The van der Waals surface area contributed by atoms with Crippen LogP contribution in [0.4, 0.5) is 5.69 Å². The summed E-state index contributed by atoms with van der Waals surface area (Å²) in [7, 11) is 2.99. The number of rotatable bonds is 8. The minimum Gasteiger partial charge on any atom is -0.493 e. The Morgan fingerprint density at radius 3 is 2.39 bits per heavy atom. The largest absolute Gasteiger partial charge is 0.493 e. The number of para-hydroxylation sites is 1. The lowest BCUT2D eigenvalue weighted by Gasteiger charge is -2.18. The van der Waals surface area contributed by atoms with Gasteiger partial charge in [0, 0.05) is 12.5 Å². The standard InChI is InChI=1S/C22H21N3O6/c1-14(26)30-19(15-8-5-4-6-9-15)21(27)25-16-12-23-13-24-22(16)31-18-11-7-10-17(28-2)20(18)29-3/h4-13,19H,1-3H3,(H,25,27). The molecule has 0 bridgehead atoms. The lowest BCUT2D eigenvalue weighted by atomic mass is 10.1. The highest BCUT2D eigenvalue weighted by molar-refractivity contribution is 5.96. The number of carbonyl (C=O) groups excluding carboxylic acids is 2. The van der Waals surface area contributed by atoms with Gasteiger partial charge < -0.3 is 24.3 Å². The Bertz CT molecular complexity index is 1060. The van der Waals surface area contributed by atoms with E-state index in [9.17, 15) is 9.59 Å². The van der Waals surface area contributed by atoms with Crippen LogP contribution in [-0.4, -0.2) is 36.1 Å². The molecular weight excluding hydrogens is 402 g/mol. The van der Waals surface area contributed by atoms with E-state index in [1.54, 1.807) is 48.5 Å². The van der Waals surface area contributed by atoms with Crippen LogP contribution in [0.1, 0.15) is 18.6 Å². The monoisotopic (exact) mass is 423 g/mol. The highest BCUT2D eigenvalue weighted by Gasteiger charge is 2.25. The molecule has 0 saturated carbocycles. The lowest BCUT2D eigenvalue weighted by molar-refractivity contribution is -0.152. The summed E-state index contributed by atoms with van der Waals surface area (Å²) >= 11 is 0. The molecule has 9 heteroatoms. The molecule has 1 N–H and O–H groups in total. The molecule has 0 aliphatic carbocycles. The van der Waals surface area contributed by atoms with Gasteiger partial charge in [0.05, 0.1) is 20.4 Å². The number of nitrogens with zero attached hydrogens (tertiary/aromatic N) is 2. The molecule has 1 atom stereocenters. The second kappa shape index (κ2) is 10.1. The van der Waals surface area contributed by atoms with Crippen LogP contribution in [0.15, 0.2) is 61.1 Å². The number of ether oxygens (including phenoxy) is 4. The molecule has 3 rings (SSSR count). The molecule has 1 unspecified atom stereocenters. The average molecular weight is 423 g/mol. The maximum absolute atomic E-state index is 12.9. The smallest absolute Gasteiger partial charge is 0.303 e. The van der Waals surface area contributed by atoms with Gasteiger partial charge in [-0.15, -0.1) is 0 Å². The van der Waals surface area contributed by atoms with E-state index >= 15 is 0 Å². The first-order valence-electron chi connectivity index (χ1n) is 9.25. The maximum Gasteiger partial charge on any atom is 0.303 e. The van der Waals surface area contributed by atoms with E-state index in [4.69, 9.17) is 18.9 Å². The van der Waals surface area contributed by atoms with Crippen molar-refractivity contribution in [1.29, 1.82) is 0 Å². The zero-order chi connectivity index (χ0) is 22.2. The number of aromatic nitrogens is 2. The Balaban J connectivity index is 1.88. The summed E-state index contributed by atoms with van der Waals surface area (Å²) in [5.41, 5.74) is 0.703. The van der Waals surface area contributed by atoms with E-state index in [0.717, 1.165) is 0 Å². The normalized spacial score (nSPS) is 11.2. The number of hydrogen-bond donors (Lipinski definition) is 1. The van der Waals surface area contributed by atoms with Crippen molar-refractivity contribution < 1.29 is 28.5 Å². The highest BCUT2D eigenvalue weighted by Crippen LogP contribution is 2.40. The number of amides is 1. The Morgan fingerprint density at radius 2 is 1.71 bits per heavy atom. The van der Waals surface area contributed by atoms with Gasteiger partial charge in [0.15, 0.2) is 11.5 Å². The predicted molar refractivity (Wildman–Crippen MR) is 111 cm³/mol. The second-order valence-corrected chi connectivity index (χ2v) is 6.22. The Morgan fingerprint density at radius 1 is 0.968 bits per heavy atom. The average Bonchev–Trinajstić information content (AvgIpc) is 2.79. The van der Waals surface area contributed by atoms with Crippen molar-refractivity contribution in [3.8, 4) is 23.1 Å². The molecule has 3 aromatic rings. The van der Waals surface area contributed by atoms with Gasteiger partial charge in [0.1, 0.15) is 12.0 Å². The summed E-state index contributed by atoms with van der Waals surface area (Å²) in [5, 5.41) is 2.66. The summed E-state index contributed by atoms with van der Waals surface area (Å²) in [6.07, 6.45) is 1.50. The number of carbonyl (C=O) groups is 2. The minimum atomic E-state index is -1.15. The Kier molecular flexibility index (Phi) is 7.00. The quantitative estimate of drug-likeness (QED) is 0.548. The maximum atomic E-state index is 12.9. The van der Waals surface area contributed by atoms with E-state index in [0.29, 0.717) is 22.8 Å². The van der Waals surface area contributed by atoms with Gasteiger partial charge in [-0.3, -0.25) is 9.59 Å². The second-order valence-electron chi connectivity index (χ2n) is 6.22. The fourth-order valence-electron chi connectivity index (χ4n) is 2.79. The minimum absolute atomic E-state index is 0.0736. The van der Waals surface area contributed by atoms with E-state index in [2.05, 4.69) is 15.3 Å². The van der Waals surface area contributed by atoms with Crippen LogP contribution in [0.25, 0.3) is 0 Å². The van der Waals surface area contributed by atoms with Crippen LogP contribution >= 0.6 is 0 Å². The van der Waals surface area contributed by atoms with Crippen molar-refractivity contribution in [2.24, 2.45) is 0 Å². The molecule has 1 aromatic heterocycles. The number of hydrogen-bond acceptors (Lipinski definition) is 8. The molecule has 9 nitrogen and oxygen atoms in total. The van der Waals surface area contributed by atoms with Crippen LogP contribution < -0.4 is 19.5 Å². The van der Waals surface area contributed by atoms with Crippen molar-refractivity contribution in [2.45, 2.75) is 13.0 Å². The number of esters is 1. The SMILES string of the molecule is COc1cccc(Oc2ncncc2NC(=O)C(OC(C)=O)c2ccccc2)c1OC. The molecule has 1 amide bonds. The molecule has 1 heterocycles.